The summed E-state index contributed by atoms with van der Waals surface area (Å²) in [6, 6.07) is 6.61. The Kier molecular flexibility index (Phi) is 17.2. The second-order valence-electron chi connectivity index (χ2n) is 4.83. The number of nitrogens with two attached hydrogens (primary N) is 2. The zero-order valence-corrected chi connectivity index (χ0v) is 15.7. The fourth-order valence-electron chi connectivity index (χ4n) is 1.44. The Morgan fingerprint density at radius 2 is 1.76 bits per heavy atom. The van der Waals surface area contributed by atoms with E-state index in [0.717, 1.165) is 19.0 Å². The highest BCUT2D eigenvalue weighted by Crippen LogP contribution is 2.15. The van der Waals surface area contributed by atoms with Crippen LogP contribution in [0, 0.1) is 5.41 Å². The third-order valence-electron chi connectivity index (χ3n) is 2.40. The van der Waals surface area contributed by atoms with Crippen LogP contribution in [0.2, 0.25) is 0 Å². The third kappa shape index (κ3) is 16.6. The van der Waals surface area contributed by atoms with Crippen molar-refractivity contribution >= 4 is 42.8 Å². The molecular formula is C15H25Cl2FN4O3. The smallest absolute Gasteiger partial charge is 0.364 e. The summed E-state index contributed by atoms with van der Waals surface area (Å²) in [5.74, 6) is -2.39. The summed E-state index contributed by atoms with van der Waals surface area (Å²) in [5, 5.41) is 14.5. The van der Waals surface area contributed by atoms with Crippen LogP contribution in [0.25, 0.3) is 6.08 Å². The molecule has 0 saturated heterocycles. The van der Waals surface area contributed by atoms with Crippen molar-refractivity contribution in [1.29, 1.82) is 5.41 Å². The van der Waals surface area contributed by atoms with E-state index in [2.05, 4.69) is 16.4 Å². The van der Waals surface area contributed by atoms with Crippen LogP contribution in [0.4, 0.5) is 4.39 Å². The van der Waals surface area contributed by atoms with Crippen molar-refractivity contribution < 1.29 is 19.0 Å². The van der Waals surface area contributed by atoms with Gasteiger partial charge in [-0.3, -0.25) is 5.41 Å². The molecule has 1 aromatic rings. The van der Waals surface area contributed by atoms with Gasteiger partial charge in [0.05, 0.1) is 6.61 Å². The van der Waals surface area contributed by atoms with Crippen molar-refractivity contribution in [1.82, 2.24) is 4.90 Å². The van der Waals surface area contributed by atoms with Crippen molar-refractivity contribution in [2.75, 3.05) is 27.2 Å². The Morgan fingerprint density at radius 1 is 1.28 bits per heavy atom. The third-order valence-corrected chi connectivity index (χ3v) is 2.40. The number of ether oxygens (including phenoxy) is 1. The van der Waals surface area contributed by atoms with Gasteiger partial charge in [-0.25, -0.2) is 4.79 Å². The maximum Gasteiger partial charge on any atom is 0.364 e. The van der Waals surface area contributed by atoms with Crippen molar-refractivity contribution in [3.8, 4) is 5.75 Å². The summed E-state index contributed by atoms with van der Waals surface area (Å²) in [4.78, 5) is 12.4. The molecule has 10 heteroatoms. The zero-order valence-electron chi connectivity index (χ0n) is 14.1. The SMILES string of the molecule is CN(C)CCCOc1ccc(C=C(F)C(=O)O)cc1.Cl.Cl.N=C(N)N. The molecule has 0 saturated carbocycles. The molecule has 0 aromatic heterocycles. The number of nitrogens with zero attached hydrogens (tertiary/aromatic N) is 1. The summed E-state index contributed by atoms with van der Waals surface area (Å²) in [7, 11) is 4.00. The molecule has 1 rings (SSSR count). The number of guanidine groups is 1. The average molecular weight is 399 g/mol. The molecule has 6 N–H and O–H groups in total. The first-order chi connectivity index (χ1) is 10.7. The van der Waals surface area contributed by atoms with Crippen molar-refractivity contribution in [2.45, 2.75) is 6.42 Å². The number of carboxylic acids is 1. The van der Waals surface area contributed by atoms with Crippen LogP contribution in [0.5, 0.6) is 5.75 Å². The van der Waals surface area contributed by atoms with E-state index in [4.69, 9.17) is 15.3 Å². The Balaban J connectivity index is -0.000000728. The highest BCUT2D eigenvalue weighted by atomic mass is 35.5. The molecule has 0 atom stereocenters. The molecular weight excluding hydrogens is 374 g/mol. The lowest BCUT2D eigenvalue weighted by Crippen LogP contribution is -2.20. The van der Waals surface area contributed by atoms with Gasteiger partial charge >= 0.3 is 5.97 Å². The summed E-state index contributed by atoms with van der Waals surface area (Å²) in [6.07, 6.45) is 1.89. The molecule has 0 amide bonds. The lowest BCUT2D eigenvalue weighted by molar-refractivity contribution is -0.134. The van der Waals surface area contributed by atoms with Crippen LogP contribution in [-0.4, -0.2) is 49.2 Å². The fourth-order valence-corrected chi connectivity index (χ4v) is 1.44. The molecule has 25 heavy (non-hydrogen) atoms. The predicted octanol–water partition coefficient (Wildman–Crippen LogP) is 2.09. The number of rotatable bonds is 7. The number of halogens is 3. The molecule has 0 aliphatic rings. The Bertz CT molecular complexity index is 536. The average Bonchev–Trinajstić information content (AvgIpc) is 2.44. The largest absolute Gasteiger partial charge is 0.494 e. The topological polar surface area (TPSA) is 126 Å². The Morgan fingerprint density at radius 3 is 2.16 bits per heavy atom. The van der Waals surface area contributed by atoms with E-state index in [1.165, 1.54) is 0 Å². The first kappa shape index (κ1) is 27.8. The number of hydrogen-bond acceptors (Lipinski definition) is 4. The lowest BCUT2D eigenvalue weighted by atomic mass is 10.2. The molecule has 0 spiro atoms. The Labute approximate surface area is 159 Å². The van der Waals surface area contributed by atoms with Crippen LogP contribution in [-0.2, 0) is 4.79 Å². The van der Waals surface area contributed by atoms with E-state index in [9.17, 15) is 9.18 Å². The van der Waals surface area contributed by atoms with Gasteiger partial charge in [-0.2, -0.15) is 4.39 Å². The molecule has 0 aliphatic carbocycles. The molecule has 7 nitrogen and oxygen atoms in total. The molecule has 1 aromatic carbocycles. The van der Waals surface area contributed by atoms with Gasteiger partial charge in [0.2, 0.25) is 5.83 Å². The first-order valence-corrected chi connectivity index (χ1v) is 6.80. The highest BCUT2D eigenvalue weighted by Gasteiger charge is 2.04. The number of carbonyl (C=O) groups is 1. The molecule has 0 unspecified atom stereocenters. The van der Waals surface area contributed by atoms with E-state index in [1.54, 1.807) is 24.3 Å². The number of benzene rings is 1. The zero-order chi connectivity index (χ0) is 17.8. The monoisotopic (exact) mass is 398 g/mol. The lowest BCUT2D eigenvalue weighted by Gasteiger charge is -2.10. The maximum atomic E-state index is 12.9. The predicted molar refractivity (Wildman–Crippen MR) is 102 cm³/mol. The number of hydrogen-bond donors (Lipinski definition) is 4. The summed E-state index contributed by atoms with van der Waals surface area (Å²) >= 11 is 0. The molecule has 0 fully saturated rings. The van der Waals surface area contributed by atoms with Gasteiger partial charge in [-0.05, 0) is 44.3 Å². The van der Waals surface area contributed by atoms with E-state index in [-0.39, 0.29) is 30.8 Å². The first-order valence-electron chi connectivity index (χ1n) is 6.80. The summed E-state index contributed by atoms with van der Waals surface area (Å²) in [5.41, 5.74) is 9.43. The van der Waals surface area contributed by atoms with E-state index >= 15 is 0 Å². The minimum atomic E-state index is -1.57. The summed E-state index contributed by atoms with van der Waals surface area (Å²) < 4.78 is 18.4. The normalized spacial score (nSPS) is 9.84. The van der Waals surface area contributed by atoms with E-state index in [1.807, 2.05) is 14.1 Å². The number of aliphatic carboxylic acids is 1. The molecule has 0 heterocycles. The second kappa shape index (κ2) is 15.5. The van der Waals surface area contributed by atoms with Crippen LogP contribution in [0.3, 0.4) is 0 Å². The van der Waals surface area contributed by atoms with Gasteiger partial charge in [0.1, 0.15) is 5.75 Å². The van der Waals surface area contributed by atoms with Crippen molar-refractivity contribution in [3.05, 3.63) is 35.7 Å². The van der Waals surface area contributed by atoms with Gasteiger partial charge in [0.15, 0.2) is 5.96 Å². The van der Waals surface area contributed by atoms with Crippen LogP contribution >= 0.6 is 24.8 Å². The number of nitrogens with one attached hydrogen (secondary N) is 1. The van der Waals surface area contributed by atoms with Gasteiger partial charge in [0, 0.05) is 6.54 Å². The molecule has 0 bridgehead atoms. The highest BCUT2D eigenvalue weighted by molar-refractivity contribution is 5.89. The van der Waals surface area contributed by atoms with Crippen LogP contribution < -0.4 is 16.2 Å². The minimum absolute atomic E-state index is 0. The van der Waals surface area contributed by atoms with Crippen LogP contribution in [0.15, 0.2) is 30.1 Å². The fraction of sp³-hybridized carbons (Fsp3) is 0.333. The van der Waals surface area contributed by atoms with E-state index in [0.29, 0.717) is 17.9 Å². The second-order valence-corrected chi connectivity index (χ2v) is 4.83. The molecule has 0 radical (unpaired) electrons. The van der Waals surface area contributed by atoms with Gasteiger partial charge in [-0.15, -0.1) is 24.8 Å². The van der Waals surface area contributed by atoms with Gasteiger partial charge in [0.25, 0.3) is 0 Å². The molecule has 144 valence electrons. The number of carboxylic acid groups (broad SMARTS) is 1. The van der Waals surface area contributed by atoms with Crippen molar-refractivity contribution in [2.24, 2.45) is 11.5 Å². The maximum absolute atomic E-state index is 12.9. The standard InChI is InChI=1S/C14H18FNO3.CH5N3.2ClH/c1-16(2)8-3-9-19-12-6-4-11(5-7-12)10-13(15)14(17)18;2-1(3)4;;/h4-7,10H,3,8-9H2,1-2H3,(H,17,18);(H5,2,3,4);2*1H. The Hall–Kier alpha value is -2.03. The van der Waals surface area contributed by atoms with Gasteiger partial charge < -0.3 is 26.2 Å². The van der Waals surface area contributed by atoms with Crippen molar-refractivity contribution in [3.63, 3.8) is 0 Å². The minimum Gasteiger partial charge on any atom is -0.494 e. The van der Waals surface area contributed by atoms with Gasteiger partial charge in [-0.1, -0.05) is 12.1 Å². The van der Waals surface area contributed by atoms with E-state index < -0.39 is 11.8 Å². The quantitative estimate of drug-likeness (QED) is 0.241. The molecule has 0 aliphatic heterocycles. The summed E-state index contributed by atoms with van der Waals surface area (Å²) in [6.45, 7) is 1.56. The van der Waals surface area contributed by atoms with Crippen LogP contribution in [0.1, 0.15) is 12.0 Å².